The molecular formula is C42H54N14O4S2. The highest BCUT2D eigenvalue weighted by atomic mass is 32.1. The Kier molecular flexibility index (Phi) is 11.7. The standard InChI is InChI=1S/C21H26N8O2S.C21H28N6O2S/c1-11(2)15-5-4-14(19(24-15)31-3)17-8-23-20-29(17)26-21(32-20)28-9-12-6-16(25-27-22)18(30)7-13(12)10-28;1-11(2)16-5-4-14(19(24-16)29-3)17-8-23-20-27(17)25-21(30-20)26-9-12-6-15(22)18(28)7-13(12)10-26/h4-5,8,11-13,16,18,30H,6-7,9-10H2,1-3H3;4-5,8,11-13,15,18,28H,6-7,9-10,22H2,1-3H3/t12-,13+,16-,18-;12-,13+,15-,18-/m00/s1. The Labute approximate surface area is 367 Å². The normalized spacial score (nSPS) is 25.9. The fourth-order valence-corrected chi connectivity index (χ4v) is 11.4. The molecule has 8 heterocycles. The van der Waals surface area contributed by atoms with E-state index >= 15 is 0 Å². The van der Waals surface area contributed by atoms with Crippen molar-refractivity contribution in [1.29, 1.82) is 0 Å². The third kappa shape index (κ3) is 7.92. The average molecular weight is 883 g/mol. The van der Waals surface area contributed by atoms with Crippen molar-refractivity contribution in [2.45, 2.75) is 89.5 Å². The molecule has 0 amide bonds. The molecule has 6 aromatic heterocycles. The lowest BCUT2D eigenvalue weighted by atomic mass is 9.78. The van der Waals surface area contributed by atoms with E-state index in [0.717, 1.165) is 93.1 Å². The predicted molar refractivity (Wildman–Crippen MR) is 239 cm³/mol. The van der Waals surface area contributed by atoms with Gasteiger partial charge in [-0.05, 0) is 91.0 Å². The number of hydrogen-bond acceptors (Lipinski definition) is 16. The van der Waals surface area contributed by atoms with Gasteiger partial charge < -0.3 is 35.2 Å². The van der Waals surface area contributed by atoms with Crippen LogP contribution in [-0.2, 0) is 0 Å². The molecule has 2 saturated carbocycles. The quantitative estimate of drug-likeness (QED) is 0.0814. The maximum Gasteiger partial charge on any atom is 0.222 e. The molecule has 328 valence electrons. The van der Waals surface area contributed by atoms with Crippen LogP contribution in [0.5, 0.6) is 11.8 Å². The summed E-state index contributed by atoms with van der Waals surface area (Å²) in [6, 6.07) is 7.67. The molecule has 2 aliphatic carbocycles. The Morgan fingerprint density at radius 2 is 1.16 bits per heavy atom. The zero-order valence-electron chi connectivity index (χ0n) is 35.8. The van der Waals surface area contributed by atoms with E-state index in [9.17, 15) is 10.2 Å². The molecule has 20 heteroatoms. The van der Waals surface area contributed by atoms with Crippen LogP contribution in [0.15, 0.2) is 41.8 Å². The highest BCUT2D eigenvalue weighted by Gasteiger charge is 2.43. The molecule has 4 N–H and O–H groups in total. The zero-order valence-corrected chi connectivity index (χ0v) is 37.4. The number of aromatic nitrogens is 8. The average Bonchev–Trinajstić information content (AvgIpc) is 4.12. The maximum absolute atomic E-state index is 10.3. The van der Waals surface area contributed by atoms with Gasteiger partial charge in [-0.25, -0.2) is 29.0 Å². The summed E-state index contributed by atoms with van der Waals surface area (Å²) >= 11 is 3.14. The van der Waals surface area contributed by atoms with Crippen LogP contribution in [0.1, 0.15) is 76.6 Å². The molecule has 0 aromatic carbocycles. The van der Waals surface area contributed by atoms with Gasteiger partial charge in [-0.15, -0.1) is 10.2 Å². The van der Waals surface area contributed by atoms with E-state index in [1.165, 1.54) is 0 Å². The number of fused-ring (bicyclic) bond motifs is 4. The van der Waals surface area contributed by atoms with E-state index in [-0.39, 0.29) is 18.2 Å². The molecule has 2 saturated heterocycles. The van der Waals surface area contributed by atoms with E-state index < -0.39 is 6.10 Å². The molecule has 10 rings (SSSR count). The zero-order chi connectivity index (χ0) is 43.4. The summed E-state index contributed by atoms with van der Waals surface area (Å²) in [5.41, 5.74) is 20.3. The largest absolute Gasteiger partial charge is 0.480 e. The SMILES string of the molecule is COc1nc(C(C)C)ccc1-c1cnc2sc(N3C[C@H]4C[C@H](O)[C@@H](N)C[C@H]4C3)nn12.COc1nc(C(C)C)ccc1-c1cnc2sc(N3C[C@H]4C[C@H](O)[C@@H](N=[N+]=[N-])C[C@H]4C3)nn12. The minimum Gasteiger partial charge on any atom is -0.480 e. The third-order valence-corrected chi connectivity index (χ3v) is 15.0. The van der Waals surface area contributed by atoms with Crippen LogP contribution in [0.3, 0.4) is 0 Å². The van der Waals surface area contributed by atoms with Gasteiger partial charge in [0.15, 0.2) is 0 Å². The minimum absolute atomic E-state index is 0.111. The van der Waals surface area contributed by atoms with Crippen LogP contribution in [0.25, 0.3) is 42.9 Å². The molecule has 0 bridgehead atoms. The first-order valence-corrected chi connectivity index (χ1v) is 23.0. The van der Waals surface area contributed by atoms with Crippen LogP contribution in [0.4, 0.5) is 10.3 Å². The number of ether oxygens (including phenoxy) is 2. The lowest BCUT2D eigenvalue weighted by Gasteiger charge is -2.32. The second kappa shape index (κ2) is 17.2. The molecular weight excluding hydrogens is 829 g/mol. The number of methoxy groups -OCH3 is 2. The second-order valence-electron chi connectivity index (χ2n) is 17.7. The van der Waals surface area contributed by atoms with Gasteiger partial charge >= 0.3 is 0 Å². The maximum atomic E-state index is 10.3. The van der Waals surface area contributed by atoms with Crippen LogP contribution in [0, 0.1) is 23.7 Å². The van der Waals surface area contributed by atoms with Gasteiger partial charge in [-0.1, -0.05) is 55.5 Å². The predicted octanol–water partition coefficient (Wildman–Crippen LogP) is 6.39. The van der Waals surface area contributed by atoms with Gasteiger partial charge in [0.25, 0.3) is 0 Å². The fourth-order valence-electron chi connectivity index (χ4n) is 9.62. The number of hydrogen-bond donors (Lipinski definition) is 3. The molecule has 4 aliphatic rings. The number of nitrogens with zero attached hydrogens (tertiary/aromatic N) is 13. The molecule has 0 radical (unpaired) electrons. The summed E-state index contributed by atoms with van der Waals surface area (Å²) in [4.78, 5) is 27.6. The highest BCUT2D eigenvalue weighted by molar-refractivity contribution is 7.20. The molecule has 2 aliphatic heterocycles. The second-order valence-corrected chi connectivity index (χ2v) is 19.6. The fraction of sp³-hybridized carbons (Fsp3) is 0.571. The molecule has 8 atom stereocenters. The van der Waals surface area contributed by atoms with Crippen LogP contribution in [-0.4, -0.2) is 114 Å². The van der Waals surface area contributed by atoms with Gasteiger partial charge in [0.1, 0.15) is 0 Å². The Morgan fingerprint density at radius 3 is 1.61 bits per heavy atom. The number of imidazole rings is 2. The topological polar surface area (TPSA) is 226 Å². The van der Waals surface area contributed by atoms with Crippen molar-refractivity contribution in [3.63, 3.8) is 0 Å². The Hall–Kier alpha value is -5.11. The van der Waals surface area contributed by atoms with Crippen molar-refractivity contribution in [3.8, 4) is 34.3 Å². The van der Waals surface area contributed by atoms with Crippen molar-refractivity contribution in [2.75, 3.05) is 50.2 Å². The number of aliphatic hydroxyl groups is 2. The number of nitrogens with two attached hydrogens (primary N) is 1. The summed E-state index contributed by atoms with van der Waals surface area (Å²) in [5.74, 6) is 3.55. The Morgan fingerprint density at radius 1 is 0.710 bits per heavy atom. The number of azide groups is 1. The van der Waals surface area contributed by atoms with E-state index in [4.69, 9.17) is 30.9 Å². The van der Waals surface area contributed by atoms with Crippen LogP contribution >= 0.6 is 22.7 Å². The van der Waals surface area contributed by atoms with Crippen molar-refractivity contribution >= 4 is 42.9 Å². The van der Waals surface area contributed by atoms with Crippen molar-refractivity contribution < 1.29 is 19.7 Å². The first kappa shape index (κ1) is 42.2. The van der Waals surface area contributed by atoms with Gasteiger partial charge in [-0.3, -0.25) is 0 Å². The summed E-state index contributed by atoms with van der Waals surface area (Å²) in [5, 5.41) is 35.9. The first-order valence-electron chi connectivity index (χ1n) is 21.4. The molecule has 62 heavy (non-hydrogen) atoms. The molecule has 18 nitrogen and oxygen atoms in total. The first-order chi connectivity index (χ1) is 29.9. The molecule has 0 spiro atoms. The number of aliphatic hydroxyl groups excluding tert-OH is 2. The van der Waals surface area contributed by atoms with Gasteiger partial charge in [0.05, 0.1) is 67.4 Å². The van der Waals surface area contributed by atoms with E-state index in [1.807, 2.05) is 45.7 Å². The molecule has 4 fully saturated rings. The summed E-state index contributed by atoms with van der Waals surface area (Å²) in [6.07, 6.45) is 5.70. The minimum atomic E-state index is -0.568. The van der Waals surface area contributed by atoms with E-state index in [1.54, 1.807) is 36.9 Å². The lowest BCUT2D eigenvalue weighted by Crippen LogP contribution is -2.43. The van der Waals surface area contributed by atoms with Gasteiger partial charge in [-0.2, -0.15) is 0 Å². The van der Waals surface area contributed by atoms with Crippen molar-refractivity contribution in [2.24, 2.45) is 34.5 Å². The summed E-state index contributed by atoms with van der Waals surface area (Å²) in [7, 11) is 3.27. The van der Waals surface area contributed by atoms with Gasteiger partial charge in [0, 0.05) is 48.5 Å². The number of anilines is 2. The highest BCUT2D eigenvalue weighted by Crippen LogP contribution is 2.43. The number of pyridine rings is 2. The molecule has 0 unspecified atom stereocenters. The Bertz CT molecular complexity index is 2580. The molecule has 6 aromatic rings. The Balaban J connectivity index is 0.000000158. The summed E-state index contributed by atoms with van der Waals surface area (Å²) in [6.45, 7) is 12.0. The van der Waals surface area contributed by atoms with Crippen LogP contribution in [0.2, 0.25) is 0 Å². The van der Waals surface area contributed by atoms with Crippen molar-refractivity contribution in [1.82, 2.24) is 39.2 Å². The summed E-state index contributed by atoms with van der Waals surface area (Å²) < 4.78 is 14.9. The van der Waals surface area contributed by atoms with Crippen LogP contribution < -0.4 is 25.0 Å². The van der Waals surface area contributed by atoms with E-state index in [0.29, 0.717) is 60.1 Å². The monoisotopic (exact) mass is 882 g/mol. The lowest BCUT2D eigenvalue weighted by molar-refractivity contribution is 0.0663. The van der Waals surface area contributed by atoms with E-state index in [2.05, 4.69) is 67.5 Å². The number of rotatable bonds is 9. The van der Waals surface area contributed by atoms with Gasteiger partial charge in [0.2, 0.25) is 31.9 Å². The van der Waals surface area contributed by atoms with Crippen molar-refractivity contribution in [3.05, 3.63) is 58.5 Å². The third-order valence-electron chi connectivity index (χ3n) is 13.1. The smallest absolute Gasteiger partial charge is 0.222 e.